The summed E-state index contributed by atoms with van der Waals surface area (Å²) in [4.78, 5) is 6.34. The molecule has 1 radical (unpaired) electrons. The van der Waals surface area contributed by atoms with Gasteiger partial charge in [-0.15, -0.1) is 0 Å². The number of rotatable bonds is 1. The monoisotopic (exact) mass is 176 g/mol. The van der Waals surface area contributed by atoms with Crippen molar-refractivity contribution in [3.8, 4) is 0 Å². The van der Waals surface area contributed by atoms with Crippen LogP contribution in [0.15, 0.2) is 18.3 Å². The van der Waals surface area contributed by atoms with Gasteiger partial charge in [0.25, 0.3) is 0 Å². The Hall–Kier alpha value is -1.09. The van der Waals surface area contributed by atoms with Crippen LogP contribution in [0, 0.1) is 6.20 Å². The van der Waals surface area contributed by atoms with Crippen LogP contribution in [0.5, 0.6) is 0 Å². The second-order valence-electron chi connectivity index (χ2n) is 3.38. The second-order valence-corrected chi connectivity index (χ2v) is 3.38. The molecule has 1 atom stereocenters. The van der Waals surface area contributed by atoms with Crippen LogP contribution in [0.25, 0.3) is 0 Å². The molecular formula is C10H14N3. The van der Waals surface area contributed by atoms with Crippen LogP contribution < -0.4 is 10.2 Å². The fourth-order valence-corrected chi connectivity index (χ4v) is 1.68. The Morgan fingerprint density at radius 3 is 3.31 bits per heavy atom. The summed E-state index contributed by atoms with van der Waals surface area (Å²) < 4.78 is 0. The topological polar surface area (TPSA) is 28.2 Å². The van der Waals surface area contributed by atoms with Gasteiger partial charge in [0.1, 0.15) is 6.20 Å². The summed E-state index contributed by atoms with van der Waals surface area (Å²) in [5.41, 5.74) is 1.11. The molecule has 3 heteroatoms. The van der Waals surface area contributed by atoms with Crippen LogP contribution in [0.3, 0.4) is 0 Å². The molecule has 0 aromatic carbocycles. The number of piperazine rings is 1. The summed E-state index contributed by atoms with van der Waals surface area (Å²) in [7, 11) is 0. The summed E-state index contributed by atoms with van der Waals surface area (Å²) in [6.07, 6.45) is 4.78. The van der Waals surface area contributed by atoms with Crippen LogP contribution in [0.2, 0.25) is 0 Å². The predicted octanol–water partition coefficient (Wildman–Crippen LogP) is 0.680. The molecule has 1 aromatic heterocycles. The molecule has 2 rings (SSSR count). The maximum atomic E-state index is 4.01. The molecule has 0 aliphatic carbocycles. The highest BCUT2D eigenvalue weighted by Crippen LogP contribution is 2.15. The van der Waals surface area contributed by atoms with Crippen molar-refractivity contribution in [2.75, 3.05) is 24.5 Å². The molecule has 0 spiro atoms. The Morgan fingerprint density at radius 2 is 2.62 bits per heavy atom. The smallest absolute Gasteiger partial charge is 0.114 e. The first-order valence-corrected chi connectivity index (χ1v) is 4.68. The summed E-state index contributed by atoms with van der Waals surface area (Å²) in [5.74, 6) is 0. The van der Waals surface area contributed by atoms with Crippen LogP contribution in [0.4, 0.5) is 5.69 Å². The van der Waals surface area contributed by atoms with Gasteiger partial charge in [0.15, 0.2) is 0 Å². The summed E-state index contributed by atoms with van der Waals surface area (Å²) in [6.45, 7) is 5.35. The minimum atomic E-state index is 0.536. The van der Waals surface area contributed by atoms with E-state index >= 15 is 0 Å². The maximum Gasteiger partial charge on any atom is 0.114 e. The molecule has 1 unspecified atom stereocenters. The van der Waals surface area contributed by atoms with Crippen molar-refractivity contribution >= 4 is 5.69 Å². The van der Waals surface area contributed by atoms with Gasteiger partial charge in [-0.3, -0.25) is 4.98 Å². The average molecular weight is 176 g/mol. The Kier molecular flexibility index (Phi) is 2.45. The van der Waals surface area contributed by atoms with E-state index in [4.69, 9.17) is 0 Å². The van der Waals surface area contributed by atoms with Crippen LogP contribution in [-0.2, 0) is 0 Å². The molecule has 1 aromatic rings. The normalized spacial score (nSPS) is 23.2. The lowest BCUT2D eigenvalue weighted by Gasteiger charge is -2.35. The van der Waals surface area contributed by atoms with Crippen molar-refractivity contribution < 1.29 is 0 Å². The van der Waals surface area contributed by atoms with Crippen molar-refractivity contribution in [1.82, 2.24) is 10.3 Å². The minimum Gasteiger partial charge on any atom is -0.364 e. The third-order valence-corrected chi connectivity index (χ3v) is 2.40. The highest BCUT2D eigenvalue weighted by atomic mass is 15.2. The van der Waals surface area contributed by atoms with Gasteiger partial charge in [0.05, 0.1) is 5.69 Å². The molecule has 1 aliphatic rings. The first-order chi connectivity index (χ1) is 6.38. The largest absolute Gasteiger partial charge is 0.364 e. The molecule has 1 saturated heterocycles. The quantitative estimate of drug-likeness (QED) is 0.682. The molecule has 1 N–H and O–H groups in total. The first-order valence-electron chi connectivity index (χ1n) is 4.68. The van der Waals surface area contributed by atoms with E-state index in [9.17, 15) is 0 Å². The SMILES string of the molecule is CC1CNCCN1c1[c]nccc1. The van der Waals surface area contributed by atoms with Crippen molar-refractivity contribution in [2.24, 2.45) is 0 Å². The molecule has 0 saturated carbocycles. The molecule has 13 heavy (non-hydrogen) atoms. The third-order valence-electron chi connectivity index (χ3n) is 2.40. The summed E-state index contributed by atoms with van der Waals surface area (Å²) in [5, 5.41) is 3.36. The highest BCUT2D eigenvalue weighted by molar-refractivity contribution is 5.44. The Morgan fingerprint density at radius 1 is 1.69 bits per heavy atom. The fourth-order valence-electron chi connectivity index (χ4n) is 1.68. The summed E-state index contributed by atoms with van der Waals surface area (Å²) >= 11 is 0. The zero-order valence-electron chi connectivity index (χ0n) is 7.83. The van der Waals surface area contributed by atoms with Crippen LogP contribution in [-0.4, -0.2) is 30.7 Å². The minimum absolute atomic E-state index is 0.536. The number of nitrogens with one attached hydrogen (secondary N) is 1. The molecule has 2 heterocycles. The van der Waals surface area contributed by atoms with Gasteiger partial charge in [0, 0.05) is 31.9 Å². The van der Waals surface area contributed by atoms with E-state index in [1.807, 2.05) is 6.07 Å². The zero-order chi connectivity index (χ0) is 9.10. The van der Waals surface area contributed by atoms with Gasteiger partial charge in [-0.2, -0.15) is 0 Å². The fraction of sp³-hybridized carbons (Fsp3) is 0.500. The van der Waals surface area contributed by atoms with Crippen molar-refractivity contribution in [3.05, 3.63) is 24.5 Å². The standard InChI is InChI=1S/C10H14N3/c1-9-7-12-5-6-13(9)10-3-2-4-11-8-10/h2-4,9,12H,5-7H2,1H3. The van der Waals surface area contributed by atoms with Crippen LogP contribution >= 0.6 is 0 Å². The van der Waals surface area contributed by atoms with E-state index in [0.29, 0.717) is 6.04 Å². The number of nitrogens with zero attached hydrogens (tertiary/aromatic N) is 2. The van der Waals surface area contributed by atoms with E-state index in [0.717, 1.165) is 25.3 Å². The highest BCUT2D eigenvalue weighted by Gasteiger charge is 2.17. The van der Waals surface area contributed by atoms with Gasteiger partial charge >= 0.3 is 0 Å². The first kappa shape index (κ1) is 8.51. The molecule has 1 aliphatic heterocycles. The molecule has 3 nitrogen and oxygen atoms in total. The Balaban J connectivity index is 2.15. The number of anilines is 1. The predicted molar refractivity (Wildman–Crippen MR) is 52.8 cm³/mol. The van der Waals surface area contributed by atoms with Crippen molar-refractivity contribution in [1.29, 1.82) is 0 Å². The lowest BCUT2D eigenvalue weighted by Crippen LogP contribution is -2.49. The maximum absolute atomic E-state index is 4.01. The van der Waals surface area contributed by atoms with Gasteiger partial charge in [0.2, 0.25) is 0 Å². The lowest BCUT2D eigenvalue weighted by atomic mass is 10.2. The van der Waals surface area contributed by atoms with Gasteiger partial charge < -0.3 is 10.2 Å². The van der Waals surface area contributed by atoms with E-state index in [1.165, 1.54) is 0 Å². The average Bonchev–Trinajstić information content (AvgIpc) is 2.20. The Bertz CT molecular complexity index is 260. The molecule has 0 bridgehead atoms. The number of hydrogen-bond donors (Lipinski definition) is 1. The molecule has 69 valence electrons. The van der Waals surface area contributed by atoms with Crippen molar-refractivity contribution in [2.45, 2.75) is 13.0 Å². The third kappa shape index (κ3) is 1.80. The number of hydrogen-bond acceptors (Lipinski definition) is 3. The number of pyridine rings is 1. The molecule has 1 fully saturated rings. The Labute approximate surface area is 78.8 Å². The van der Waals surface area contributed by atoms with E-state index < -0.39 is 0 Å². The van der Waals surface area contributed by atoms with Crippen molar-refractivity contribution in [3.63, 3.8) is 0 Å². The lowest BCUT2D eigenvalue weighted by molar-refractivity contribution is 0.500. The van der Waals surface area contributed by atoms with E-state index in [1.54, 1.807) is 6.20 Å². The molecule has 0 amide bonds. The van der Waals surface area contributed by atoms with E-state index in [2.05, 4.69) is 34.4 Å². The van der Waals surface area contributed by atoms with Gasteiger partial charge in [-0.05, 0) is 19.1 Å². The summed E-state index contributed by atoms with van der Waals surface area (Å²) in [6, 6.07) is 4.56. The van der Waals surface area contributed by atoms with Gasteiger partial charge in [-0.25, -0.2) is 0 Å². The van der Waals surface area contributed by atoms with Crippen LogP contribution in [0.1, 0.15) is 6.92 Å². The van der Waals surface area contributed by atoms with Gasteiger partial charge in [-0.1, -0.05) is 0 Å². The number of aromatic nitrogens is 1. The molecular weight excluding hydrogens is 162 g/mol. The van der Waals surface area contributed by atoms with E-state index in [-0.39, 0.29) is 0 Å². The second kappa shape index (κ2) is 3.75. The zero-order valence-corrected chi connectivity index (χ0v) is 7.83.